The van der Waals surface area contributed by atoms with Gasteiger partial charge >= 0.3 is 5.97 Å². The van der Waals surface area contributed by atoms with E-state index in [1.54, 1.807) is 0 Å². The van der Waals surface area contributed by atoms with Gasteiger partial charge in [-0.25, -0.2) is 0 Å². The molecule has 0 unspecified atom stereocenters. The van der Waals surface area contributed by atoms with Crippen molar-refractivity contribution < 1.29 is 19.4 Å². The summed E-state index contributed by atoms with van der Waals surface area (Å²) in [5, 5.41) is 12.1. The fourth-order valence-corrected chi connectivity index (χ4v) is 5.33. The van der Waals surface area contributed by atoms with Crippen molar-refractivity contribution in [2.24, 2.45) is 17.8 Å². The third kappa shape index (κ3) is 6.18. The van der Waals surface area contributed by atoms with E-state index in [0.717, 1.165) is 50.6 Å². The second-order valence-corrected chi connectivity index (χ2v) is 9.05. The van der Waals surface area contributed by atoms with Crippen LogP contribution < -0.4 is 5.32 Å². The number of aliphatic carboxylic acids is 1. The average molecular weight is 404 g/mol. The van der Waals surface area contributed by atoms with Crippen molar-refractivity contribution in [1.29, 1.82) is 0 Å². The van der Waals surface area contributed by atoms with Gasteiger partial charge in [0.1, 0.15) is 0 Å². The predicted molar refractivity (Wildman–Crippen MR) is 113 cm³/mol. The van der Waals surface area contributed by atoms with Gasteiger partial charge in [0.05, 0.1) is 12.2 Å². The molecule has 5 heteroatoms. The van der Waals surface area contributed by atoms with Crippen molar-refractivity contribution in [3.63, 3.8) is 0 Å². The fourth-order valence-electron chi connectivity index (χ4n) is 5.33. The highest BCUT2D eigenvalue weighted by Gasteiger charge is 2.47. The molecule has 3 rings (SSSR count). The number of nitrogens with one attached hydrogen (secondary N) is 1. The summed E-state index contributed by atoms with van der Waals surface area (Å²) in [6.45, 7) is 2.80. The van der Waals surface area contributed by atoms with Crippen LogP contribution in [-0.2, 0) is 14.3 Å². The van der Waals surface area contributed by atoms with Gasteiger partial charge in [-0.1, -0.05) is 31.4 Å². The number of carboxylic acid groups (broad SMARTS) is 1. The van der Waals surface area contributed by atoms with E-state index in [0.29, 0.717) is 36.2 Å². The van der Waals surface area contributed by atoms with Crippen molar-refractivity contribution in [3.8, 4) is 0 Å². The van der Waals surface area contributed by atoms with Crippen LogP contribution in [-0.4, -0.2) is 35.6 Å². The zero-order valence-corrected chi connectivity index (χ0v) is 17.8. The minimum absolute atomic E-state index is 0.228. The monoisotopic (exact) mass is 403 g/mol. The molecule has 2 aliphatic heterocycles. The molecule has 162 valence electrons. The number of carbonyl (C=O) groups is 2. The number of ether oxygens (including phenoxy) is 1. The first-order valence-corrected chi connectivity index (χ1v) is 11.5. The van der Waals surface area contributed by atoms with E-state index < -0.39 is 5.97 Å². The van der Waals surface area contributed by atoms with Gasteiger partial charge < -0.3 is 15.2 Å². The Morgan fingerprint density at radius 1 is 1.03 bits per heavy atom. The second-order valence-electron chi connectivity index (χ2n) is 9.05. The molecule has 2 saturated heterocycles. The van der Waals surface area contributed by atoms with E-state index in [1.807, 2.05) is 13.1 Å². The van der Waals surface area contributed by atoms with Crippen LogP contribution >= 0.6 is 0 Å². The Balaban J connectivity index is 1.45. The minimum Gasteiger partial charge on any atom is -0.481 e. The van der Waals surface area contributed by atoms with Crippen LogP contribution in [0.4, 0.5) is 0 Å². The largest absolute Gasteiger partial charge is 0.481 e. The molecule has 2 heterocycles. The third-order valence-electron chi connectivity index (χ3n) is 6.96. The average Bonchev–Trinajstić information content (AvgIpc) is 3.32. The molecule has 29 heavy (non-hydrogen) atoms. The number of carboxylic acids is 1. The van der Waals surface area contributed by atoms with Gasteiger partial charge in [0.15, 0.2) is 5.78 Å². The summed E-state index contributed by atoms with van der Waals surface area (Å²) < 4.78 is 6.17. The smallest absolute Gasteiger partial charge is 0.303 e. The Bertz CT molecular complexity index is 620. The Labute approximate surface area is 175 Å². The zero-order chi connectivity index (χ0) is 20.6. The Hall–Kier alpha value is -1.62. The van der Waals surface area contributed by atoms with Crippen molar-refractivity contribution in [2.45, 2.75) is 89.8 Å². The molecule has 1 saturated carbocycles. The van der Waals surface area contributed by atoms with Crippen LogP contribution in [0.2, 0.25) is 0 Å². The van der Waals surface area contributed by atoms with E-state index in [-0.39, 0.29) is 12.3 Å². The maximum Gasteiger partial charge on any atom is 0.303 e. The molecule has 0 aromatic carbocycles. The lowest BCUT2D eigenvalue weighted by Gasteiger charge is -2.27. The molecule has 0 aromatic heterocycles. The predicted octanol–water partition coefficient (Wildman–Crippen LogP) is 4.62. The molecule has 2 bridgehead atoms. The summed E-state index contributed by atoms with van der Waals surface area (Å²) in [5.74, 6) is 0.816. The van der Waals surface area contributed by atoms with E-state index >= 15 is 0 Å². The maximum atomic E-state index is 12.6. The van der Waals surface area contributed by atoms with Gasteiger partial charge in [-0.2, -0.15) is 0 Å². The molecule has 2 N–H and O–H groups in total. The number of unbranched alkanes of at least 4 members (excludes halogenated alkanes) is 1. The number of rotatable bonds is 11. The number of hydrogen-bond donors (Lipinski definition) is 2. The van der Waals surface area contributed by atoms with Gasteiger partial charge in [0.2, 0.25) is 0 Å². The maximum absolute atomic E-state index is 12.6. The molecule has 4 atom stereocenters. The minimum atomic E-state index is -0.726. The topological polar surface area (TPSA) is 75.6 Å². The molecule has 3 fully saturated rings. The molecule has 0 spiro atoms. The van der Waals surface area contributed by atoms with E-state index in [4.69, 9.17) is 9.84 Å². The number of allylic oxidation sites excluding steroid dienone is 3. The number of ketones is 1. The first-order chi connectivity index (χ1) is 14.1. The molecular weight excluding hydrogens is 366 g/mol. The van der Waals surface area contributed by atoms with Gasteiger partial charge in [-0.05, 0) is 57.8 Å². The molecular formula is C24H37NO4. The van der Waals surface area contributed by atoms with Crippen LogP contribution in [0, 0.1) is 17.8 Å². The van der Waals surface area contributed by atoms with E-state index in [1.165, 1.54) is 19.3 Å². The number of Topliss-reactive ketones (excluding diaryl/α,β-unsaturated/α-hetero) is 1. The van der Waals surface area contributed by atoms with Crippen LogP contribution in [0.5, 0.6) is 0 Å². The van der Waals surface area contributed by atoms with Crippen LogP contribution in [0.3, 0.4) is 0 Å². The molecule has 3 aliphatic rings. The zero-order valence-electron chi connectivity index (χ0n) is 17.8. The Morgan fingerprint density at radius 3 is 2.48 bits per heavy atom. The van der Waals surface area contributed by atoms with Crippen LogP contribution in [0.15, 0.2) is 23.9 Å². The van der Waals surface area contributed by atoms with E-state index in [2.05, 4.69) is 17.5 Å². The molecule has 5 nitrogen and oxygen atoms in total. The fraction of sp³-hybridized carbons (Fsp3) is 0.750. The molecule has 0 aromatic rings. The quantitative estimate of drug-likeness (QED) is 0.299. The standard InChI is InChI=1S/C24H37NO4/c1-17(24(28)18-9-5-4-6-10-18)15-25-16-20-19(21-13-14-22(20)29-21)11-7-2-3-8-12-23(26)27/h2,7,15,18-22,25H,3-6,8-14,16H2,1H3,(H,26,27)/b7-2-,17-15?/t19-,20+,21-,22+/m0/s1. The second kappa shape index (κ2) is 11.0. The number of fused-ring (bicyclic) bond motifs is 2. The summed E-state index contributed by atoms with van der Waals surface area (Å²) in [5.41, 5.74) is 0.857. The highest BCUT2D eigenvalue weighted by molar-refractivity contribution is 5.96. The summed E-state index contributed by atoms with van der Waals surface area (Å²) in [4.78, 5) is 23.2. The first kappa shape index (κ1) is 22.1. The van der Waals surface area contributed by atoms with Gasteiger partial charge in [0.25, 0.3) is 0 Å². The lowest BCUT2D eigenvalue weighted by Crippen LogP contribution is -2.34. The van der Waals surface area contributed by atoms with Gasteiger partial charge in [-0.3, -0.25) is 9.59 Å². The number of hydrogen-bond acceptors (Lipinski definition) is 4. The highest BCUT2D eigenvalue weighted by atomic mass is 16.5. The summed E-state index contributed by atoms with van der Waals surface area (Å²) in [6.07, 6.45) is 17.7. The summed E-state index contributed by atoms with van der Waals surface area (Å²) in [6, 6.07) is 0. The van der Waals surface area contributed by atoms with Crippen molar-refractivity contribution in [3.05, 3.63) is 23.9 Å². The summed E-state index contributed by atoms with van der Waals surface area (Å²) in [7, 11) is 0. The normalized spacial score (nSPS) is 30.2. The molecule has 0 radical (unpaired) electrons. The van der Waals surface area contributed by atoms with Crippen molar-refractivity contribution >= 4 is 11.8 Å². The molecule has 1 aliphatic carbocycles. The third-order valence-corrected chi connectivity index (χ3v) is 6.96. The van der Waals surface area contributed by atoms with Crippen LogP contribution in [0.1, 0.15) is 77.6 Å². The SMILES string of the molecule is CC(=CNC[C@@H]1[C@H](C/C=C\CCCC(=O)O)[C@@H]2CC[C@H]1O2)C(=O)C1CCCCC1. The van der Waals surface area contributed by atoms with Crippen LogP contribution in [0.25, 0.3) is 0 Å². The Morgan fingerprint density at radius 2 is 1.76 bits per heavy atom. The lowest BCUT2D eigenvalue weighted by atomic mass is 9.77. The van der Waals surface area contributed by atoms with E-state index in [9.17, 15) is 9.59 Å². The summed E-state index contributed by atoms with van der Waals surface area (Å²) >= 11 is 0. The lowest BCUT2D eigenvalue weighted by molar-refractivity contribution is -0.137. The highest BCUT2D eigenvalue weighted by Crippen LogP contribution is 2.44. The van der Waals surface area contributed by atoms with Crippen molar-refractivity contribution in [2.75, 3.05) is 6.54 Å². The first-order valence-electron chi connectivity index (χ1n) is 11.5. The molecule has 0 amide bonds. The number of carbonyl (C=O) groups excluding carboxylic acids is 1. The Kier molecular flexibility index (Phi) is 8.34. The van der Waals surface area contributed by atoms with Gasteiger partial charge in [-0.15, -0.1) is 0 Å². The van der Waals surface area contributed by atoms with Crippen molar-refractivity contribution in [1.82, 2.24) is 5.32 Å². The van der Waals surface area contributed by atoms with Gasteiger partial charge in [0, 0.05) is 36.6 Å².